The first-order valence-corrected chi connectivity index (χ1v) is 9.42. The van der Waals surface area contributed by atoms with E-state index in [4.69, 9.17) is 4.74 Å². The number of nitro groups is 1. The Morgan fingerprint density at radius 2 is 1.79 bits per heavy atom. The third-order valence-corrected chi connectivity index (χ3v) is 5.12. The summed E-state index contributed by atoms with van der Waals surface area (Å²) in [4.78, 5) is 24.0. The molecule has 0 fully saturated rings. The van der Waals surface area contributed by atoms with Gasteiger partial charge in [-0.05, 0) is 29.6 Å². The van der Waals surface area contributed by atoms with Gasteiger partial charge < -0.3 is 4.74 Å². The number of hydrogen-bond acceptors (Lipinski definition) is 6. The lowest BCUT2D eigenvalue weighted by atomic mass is 10.1. The second kappa shape index (κ2) is 7.61. The molecule has 0 aliphatic heterocycles. The van der Waals surface area contributed by atoms with Gasteiger partial charge in [0.2, 0.25) is 0 Å². The van der Waals surface area contributed by atoms with Gasteiger partial charge in [-0.25, -0.2) is 4.68 Å². The Kier molecular flexibility index (Phi) is 4.86. The van der Waals surface area contributed by atoms with E-state index in [1.54, 1.807) is 17.4 Å². The maximum atomic E-state index is 12.8. The average molecular weight is 393 g/mol. The lowest BCUT2D eigenvalue weighted by molar-refractivity contribution is -0.384. The molecule has 0 saturated carbocycles. The van der Waals surface area contributed by atoms with E-state index >= 15 is 0 Å². The molecule has 0 radical (unpaired) electrons. The number of aromatic nitrogens is 2. The van der Waals surface area contributed by atoms with Crippen molar-refractivity contribution in [2.24, 2.45) is 0 Å². The van der Waals surface area contributed by atoms with Crippen LogP contribution >= 0.6 is 11.3 Å². The highest BCUT2D eigenvalue weighted by Gasteiger charge is 2.13. The highest BCUT2D eigenvalue weighted by atomic mass is 32.1. The Labute approximate surface area is 163 Å². The Morgan fingerprint density at radius 3 is 2.46 bits per heavy atom. The number of nitro benzene ring substituents is 1. The Bertz CT molecular complexity index is 1180. The summed E-state index contributed by atoms with van der Waals surface area (Å²) >= 11 is 1.57. The summed E-state index contributed by atoms with van der Waals surface area (Å²) in [5.74, 6) is 0.498. The lowest BCUT2D eigenvalue weighted by Crippen LogP contribution is -2.26. The zero-order chi connectivity index (χ0) is 19.5. The number of ether oxygens (including phenoxy) is 1. The quantitative estimate of drug-likeness (QED) is 0.363. The number of non-ortho nitro benzene ring substituents is 1. The topological polar surface area (TPSA) is 87.3 Å². The maximum absolute atomic E-state index is 12.8. The Balaban J connectivity index is 1.59. The molecule has 0 N–H and O–H groups in total. The SMILES string of the molecule is O=c1c2ccccc2c(-c2cccs2)nn1CCOc1ccc([N+](=O)[O-])cc1. The molecular weight excluding hydrogens is 378 g/mol. The van der Waals surface area contributed by atoms with E-state index in [1.165, 1.54) is 28.9 Å². The zero-order valence-electron chi connectivity index (χ0n) is 14.6. The van der Waals surface area contributed by atoms with Crippen molar-refractivity contribution in [2.75, 3.05) is 6.61 Å². The van der Waals surface area contributed by atoms with E-state index in [0.717, 1.165) is 16.0 Å². The van der Waals surface area contributed by atoms with Crippen molar-refractivity contribution >= 4 is 27.8 Å². The molecule has 0 unspecified atom stereocenters. The molecule has 0 spiro atoms. The van der Waals surface area contributed by atoms with Crippen LogP contribution in [0.3, 0.4) is 0 Å². The third-order valence-electron chi connectivity index (χ3n) is 4.24. The van der Waals surface area contributed by atoms with Gasteiger partial charge in [0.25, 0.3) is 11.2 Å². The molecule has 0 aliphatic carbocycles. The summed E-state index contributed by atoms with van der Waals surface area (Å²) < 4.78 is 7.03. The van der Waals surface area contributed by atoms with Gasteiger partial charge in [0.15, 0.2) is 0 Å². The predicted octanol–water partition coefficient (Wildman–Crippen LogP) is 4.11. The number of hydrogen-bond donors (Lipinski definition) is 0. The monoisotopic (exact) mass is 393 g/mol. The first-order valence-electron chi connectivity index (χ1n) is 8.54. The first kappa shape index (κ1) is 17.9. The van der Waals surface area contributed by atoms with Crippen LogP contribution in [0.1, 0.15) is 0 Å². The molecule has 0 bridgehead atoms. The van der Waals surface area contributed by atoms with Crippen molar-refractivity contribution in [3.05, 3.63) is 86.5 Å². The van der Waals surface area contributed by atoms with E-state index in [0.29, 0.717) is 11.1 Å². The minimum absolute atomic E-state index is 0.000329. The standard InChI is InChI=1S/C20H15N3O4S/c24-20-17-5-2-1-4-16(17)19(18-6-3-13-28-18)21-22(20)11-12-27-15-9-7-14(8-10-15)23(25)26/h1-10,13H,11-12H2. The van der Waals surface area contributed by atoms with E-state index in [2.05, 4.69) is 5.10 Å². The molecule has 0 saturated heterocycles. The van der Waals surface area contributed by atoms with E-state index < -0.39 is 4.92 Å². The van der Waals surface area contributed by atoms with E-state index in [-0.39, 0.29) is 24.4 Å². The van der Waals surface area contributed by atoms with E-state index in [1.807, 2.05) is 35.7 Å². The number of fused-ring (bicyclic) bond motifs is 1. The second-order valence-electron chi connectivity index (χ2n) is 6.00. The smallest absolute Gasteiger partial charge is 0.274 e. The van der Waals surface area contributed by atoms with Gasteiger partial charge in [-0.1, -0.05) is 24.3 Å². The summed E-state index contributed by atoms with van der Waals surface area (Å²) in [7, 11) is 0. The highest BCUT2D eigenvalue weighted by molar-refractivity contribution is 7.13. The molecule has 0 amide bonds. The van der Waals surface area contributed by atoms with Gasteiger partial charge in [0.1, 0.15) is 18.1 Å². The zero-order valence-corrected chi connectivity index (χ0v) is 15.5. The average Bonchev–Trinajstić information content (AvgIpc) is 3.25. The van der Waals surface area contributed by atoms with Crippen LogP contribution in [0.15, 0.2) is 70.8 Å². The van der Waals surface area contributed by atoms with Crippen LogP contribution in [0.4, 0.5) is 5.69 Å². The van der Waals surface area contributed by atoms with Gasteiger partial charge in [0.05, 0.1) is 21.7 Å². The van der Waals surface area contributed by atoms with Gasteiger partial charge in [-0.15, -0.1) is 11.3 Å². The van der Waals surface area contributed by atoms with Crippen molar-refractivity contribution in [2.45, 2.75) is 6.54 Å². The van der Waals surface area contributed by atoms with Crippen LogP contribution in [0.25, 0.3) is 21.3 Å². The number of nitrogens with zero attached hydrogens (tertiary/aromatic N) is 3. The summed E-state index contributed by atoms with van der Waals surface area (Å²) in [6.07, 6.45) is 0. The minimum Gasteiger partial charge on any atom is -0.492 e. The van der Waals surface area contributed by atoms with Crippen LogP contribution in [0.2, 0.25) is 0 Å². The molecule has 7 nitrogen and oxygen atoms in total. The largest absolute Gasteiger partial charge is 0.492 e. The van der Waals surface area contributed by atoms with Gasteiger partial charge in [-0.2, -0.15) is 5.10 Å². The third kappa shape index (κ3) is 3.49. The van der Waals surface area contributed by atoms with Gasteiger partial charge in [-0.3, -0.25) is 14.9 Å². The first-order chi connectivity index (χ1) is 13.6. The van der Waals surface area contributed by atoms with Crippen LogP contribution in [-0.4, -0.2) is 21.3 Å². The van der Waals surface area contributed by atoms with Gasteiger partial charge in [0, 0.05) is 17.5 Å². The number of rotatable bonds is 6. The summed E-state index contributed by atoms with van der Waals surface area (Å²) in [5, 5.41) is 18.7. The molecule has 0 aliphatic rings. The molecular formula is C20H15N3O4S. The Morgan fingerprint density at radius 1 is 1.04 bits per heavy atom. The number of benzene rings is 2. The molecule has 8 heteroatoms. The molecule has 4 aromatic rings. The van der Waals surface area contributed by atoms with Crippen LogP contribution in [0.5, 0.6) is 5.75 Å². The molecule has 140 valence electrons. The normalized spacial score (nSPS) is 10.9. The molecule has 28 heavy (non-hydrogen) atoms. The summed E-state index contributed by atoms with van der Waals surface area (Å²) in [6, 6.07) is 17.2. The van der Waals surface area contributed by atoms with Crippen LogP contribution < -0.4 is 10.3 Å². The van der Waals surface area contributed by atoms with Crippen LogP contribution in [0, 0.1) is 10.1 Å². The molecule has 0 atom stereocenters. The van der Waals surface area contributed by atoms with Crippen molar-refractivity contribution in [1.29, 1.82) is 0 Å². The highest BCUT2D eigenvalue weighted by Crippen LogP contribution is 2.28. The molecule has 4 rings (SSSR count). The van der Waals surface area contributed by atoms with Crippen molar-refractivity contribution in [1.82, 2.24) is 9.78 Å². The number of thiophene rings is 1. The molecule has 2 heterocycles. The lowest BCUT2D eigenvalue weighted by Gasteiger charge is -2.11. The fraction of sp³-hybridized carbons (Fsp3) is 0.100. The summed E-state index contributed by atoms with van der Waals surface area (Å²) in [5.41, 5.74) is 0.587. The van der Waals surface area contributed by atoms with Crippen LogP contribution in [-0.2, 0) is 6.54 Å². The fourth-order valence-corrected chi connectivity index (χ4v) is 3.62. The predicted molar refractivity (Wildman–Crippen MR) is 108 cm³/mol. The van der Waals surface area contributed by atoms with Gasteiger partial charge >= 0.3 is 0 Å². The fourth-order valence-electron chi connectivity index (χ4n) is 2.90. The molecule has 2 aromatic heterocycles. The van der Waals surface area contributed by atoms with Crippen molar-refractivity contribution in [3.63, 3.8) is 0 Å². The summed E-state index contributed by atoms with van der Waals surface area (Å²) in [6.45, 7) is 0.478. The second-order valence-corrected chi connectivity index (χ2v) is 6.95. The van der Waals surface area contributed by atoms with E-state index in [9.17, 15) is 14.9 Å². The molecule has 2 aromatic carbocycles. The van der Waals surface area contributed by atoms with Crippen molar-refractivity contribution < 1.29 is 9.66 Å². The van der Waals surface area contributed by atoms with Crippen molar-refractivity contribution in [3.8, 4) is 16.3 Å². The maximum Gasteiger partial charge on any atom is 0.274 e. The minimum atomic E-state index is -0.464. The Hall–Kier alpha value is -3.52.